The zero-order valence-electron chi connectivity index (χ0n) is 21.0. The number of amides is 1. The van der Waals surface area contributed by atoms with Crippen LogP contribution in [0.1, 0.15) is 63.1 Å². The first-order valence-corrected chi connectivity index (χ1v) is 13.0. The largest absolute Gasteiger partial charge is 0.465 e. The molecule has 0 bridgehead atoms. The van der Waals surface area contributed by atoms with Crippen molar-refractivity contribution in [2.24, 2.45) is 18.7 Å². The molecule has 1 aliphatic carbocycles. The lowest BCUT2D eigenvalue weighted by atomic mass is 9.94. The van der Waals surface area contributed by atoms with E-state index in [1.807, 2.05) is 18.2 Å². The molecule has 8 nitrogen and oxygen atoms in total. The van der Waals surface area contributed by atoms with Crippen LogP contribution in [0.15, 0.2) is 24.3 Å². The second kappa shape index (κ2) is 11.2. The van der Waals surface area contributed by atoms with E-state index in [4.69, 9.17) is 15.9 Å². The summed E-state index contributed by atoms with van der Waals surface area (Å²) in [6.45, 7) is 2.95. The number of amidine groups is 1. The normalized spacial score (nSPS) is 19.8. The van der Waals surface area contributed by atoms with E-state index < -0.39 is 0 Å². The Morgan fingerprint density at radius 3 is 2.69 bits per heavy atom. The quantitative estimate of drug-likeness (QED) is 0.274. The lowest BCUT2D eigenvalue weighted by molar-refractivity contribution is -0.144. The monoisotopic (exact) mass is 481 g/mol. The SMILES string of the molecule is CCOC(=O)CNC(=O)C(C1CCCC1)N1CCC[C@H]1CCc1cc2ccc(C(=N)N)cc2n1C. The number of nitrogen functional groups attached to an aromatic ring is 1. The zero-order chi connectivity index (χ0) is 24.9. The molecular formula is C27H39N5O3. The summed E-state index contributed by atoms with van der Waals surface area (Å²) >= 11 is 0. The molecule has 1 amide bonds. The van der Waals surface area contributed by atoms with Crippen LogP contribution in [-0.4, -0.2) is 59.0 Å². The van der Waals surface area contributed by atoms with Crippen LogP contribution in [0.5, 0.6) is 0 Å². The minimum Gasteiger partial charge on any atom is -0.465 e. The fourth-order valence-corrected chi connectivity index (χ4v) is 6.03. The van der Waals surface area contributed by atoms with E-state index in [0.717, 1.165) is 61.5 Å². The number of benzene rings is 1. The van der Waals surface area contributed by atoms with Crippen molar-refractivity contribution in [2.75, 3.05) is 19.7 Å². The summed E-state index contributed by atoms with van der Waals surface area (Å²) in [5.41, 5.74) is 8.75. The average Bonchev–Trinajstić information content (AvgIpc) is 3.58. The number of nitrogens with two attached hydrogens (primary N) is 1. The van der Waals surface area contributed by atoms with Crippen LogP contribution in [0, 0.1) is 11.3 Å². The van der Waals surface area contributed by atoms with Crippen LogP contribution >= 0.6 is 0 Å². The van der Waals surface area contributed by atoms with Crippen molar-refractivity contribution in [3.8, 4) is 0 Å². The minimum atomic E-state index is -0.382. The number of fused-ring (bicyclic) bond motifs is 1. The van der Waals surface area contributed by atoms with Gasteiger partial charge in [-0.05, 0) is 75.4 Å². The van der Waals surface area contributed by atoms with Crippen molar-refractivity contribution in [1.82, 2.24) is 14.8 Å². The molecule has 4 N–H and O–H groups in total. The predicted molar refractivity (Wildman–Crippen MR) is 137 cm³/mol. The van der Waals surface area contributed by atoms with Gasteiger partial charge in [-0.3, -0.25) is 19.9 Å². The number of aryl methyl sites for hydroxylation is 2. The van der Waals surface area contributed by atoms with Gasteiger partial charge in [-0.25, -0.2) is 0 Å². The minimum absolute atomic E-state index is 0.0294. The predicted octanol–water partition coefficient (Wildman–Crippen LogP) is 3.10. The molecule has 2 aliphatic rings. The number of aromatic nitrogens is 1. The Kier molecular flexibility index (Phi) is 8.11. The summed E-state index contributed by atoms with van der Waals surface area (Å²) in [5, 5.41) is 11.7. The summed E-state index contributed by atoms with van der Waals surface area (Å²) in [5.74, 6) is 0.0155. The summed E-state index contributed by atoms with van der Waals surface area (Å²) in [7, 11) is 2.07. The van der Waals surface area contributed by atoms with E-state index >= 15 is 0 Å². The van der Waals surface area contributed by atoms with Crippen LogP contribution in [-0.2, 0) is 27.8 Å². The van der Waals surface area contributed by atoms with Gasteiger partial charge in [0.15, 0.2) is 0 Å². The highest BCUT2D eigenvalue weighted by Gasteiger charge is 2.40. The van der Waals surface area contributed by atoms with Crippen molar-refractivity contribution in [3.63, 3.8) is 0 Å². The van der Waals surface area contributed by atoms with Gasteiger partial charge >= 0.3 is 5.97 Å². The fraction of sp³-hybridized carbons (Fsp3) is 0.593. The lowest BCUT2D eigenvalue weighted by Crippen LogP contribution is -2.53. The van der Waals surface area contributed by atoms with Crippen molar-refractivity contribution in [1.29, 1.82) is 5.41 Å². The molecule has 1 aromatic heterocycles. The Balaban J connectivity index is 1.46. The highest BCUT2D eigenvalue weighted by atomic mass is 16.5. The molecule has 4 rings (SSSR count). The van der Waals surface area contributed by atoms with Crippen LogP contribution in [0.4, 0.5) is 0 Å². The summed E-state index contributed by atoms with van der Waals surface area (Å²) in [4.78, 5) is 27.6. The Bertz CT molecular complexity index is 1070. The number of likely N-dealkylation sites (tertiary alicyclic amines) is 1. The number of rotatable bonds is 10. The molecule has 2 atom stereocenters. The van der Waals surface area contributed by atoms with Gasteiger partial charge in [0.2, 0.25) is 5.91 Å². The standard InChI is InChI=1S/C27H39N5O3/c1-3-35-24(33)17-30-27(34)25(18-7-4-5-8-18)32-14-6-9-21(32)12-13-22-15-19-10-11-20(26(28)29)16-23(19)31(22)2/h10-11,15-16,18,21,25H,3-9,12-14,17H2,1-2H3,(H3,28,29)(H,30,34)/t21-,25?/m0/s1. The van der Waals surface area contributed by atoms with Crippen LogP contribution < -0.4 is 11.1 Å². The molecular weight excluding hydrogens is 442 g/mol. The highest BCUT2D eigenvalue weighted by Crippen LogP contribution is 2.35. The van der Waals surface area contributed by atoms with Gasteiger partial charge in [0, 0.05) is 29.9 Å². The molecule has 1 saturated carbocycles. The maximum atomic E-state index is 13.3. The molecule has 2 aromatic rings. The molecule has 1 saturated heterocycles. The van der Waals surface area contributed by atoms with Crippen LogP contribution in [0.25, 0.3) is 10.9 Å². The highest BCUT2D eigenvalue weighted by molar-refractivity contribution is 5.98. The molecule has 1 unspecified atom stereocenters. The summed E-state index contributed by atoms with van der Waals surface area (Å²) in [6, 6.07) is 8.30. The van der Waals surface area contributed by atoms with E-state index in [0.29, 0.717) is 18.6 Å². The molecule has 190 valence electrons. The Morgan fingerprint density at radius 2 is 1.97 bits per heavy atom. The van der Waals surface area contributed by atoms with Gasteiger partial charge < -0.3 is 20.4 Å². The van der Waals surface area contributed by atoms with Gasteiger partial charge in [-0.15, -0.1) is 0 Å². The van der Waals surface area contributed by atoms with Gasteiger partial charge in [-0.1, -0.05) is 25.0 Å². The third-order valence-electron chi connectivity index (χ3n) is 7.80. The third kappa shape index (κ3) is 5.69. The van der Waals surface area contributed by atoms with Crippen LogP contribution in [0.2, 0.25) is 0 Å². The molecule has 0 spiro atoms. The summed E-state index contributed by atoms with van der Waals surface area (Å²) < 4.78 is 7.20. The van der Waals surface area contributed by atoms with Gasteiger partial charge in [0.1, 0.15) is 12.4 Å². The summed E-state index contributed by atoms with van der Waals surface area (Å²) in [6.07, 6.45) is 8.57. The maximum Gasteiger partial charge on any atom is 0.325 e. The number of nitrogens with one attached hydrogen (secondary N) is 2. The average molecular weight is 482 g/mol. The lowest BCUT2D eigenvalue weighted by Gasteiger charge is -2.36. The Morgan fingerprint density at radius 1 is 1.20 bits per heavy atom. The van der Waals surface area contributed by atoms with E-state index in [1.54, 1.807) is 6.92 Å². The molecule has 2 fully saturated rings. The van der Waals surface area contributed by atoms with Crippen LogP contribution in [0.3, 0.4) is 0 Å². The first kappa shape index (κ1) is 25.2. The first-order valence-electron chi connectivity index (χ1n) is 13.0. The van der Waals surface area contributed by atoms with E-state index in [-0.39, 0.29) is 30.3 Å². The van der Waals surface area contributed by atoms with Crippen molar-refractivity contribution >= 4 is 28.6 Å². The second-order valence-electron chi connectivity index (χ2n) is 9.97. The second-order valence-corrected chi connectivity index (χ2v) is 9.97. The number of esters is 1. The number of carbonyl (C=O) groups excluding carboxylic acids is 2. The van der Waals surface area contributed by atoms with Gasteiger partial charge in [0.05, 0.1) is 12.6 Å². The molecule has 1 aromatic carbocycles. The van der Waals surface area contributed by atoms with E-state index in [2.05, 4.69) is 27.9 Å². The molecule has 2 heterocycles. The number of hydrogen-bond donors (Lipinski definition) is 3. The molecule has 1 aliphatic heterocycles. The molecule has 35 heavy (non-hydrogen) atoms. The number of ether oxygens (including phenoxy) is 1. The smallest absolute Gasteiger partial charge is 0.325 e. The maximum absolute atomic E-state index is 13.3. The molecule has 0 radical (unpaired) electrons. The molecule has 8 heteroatoms. The Hall–Kier alpha value is -2.87. The first-order chi connectivity index (χ1) is 16.9. The van der Waals surface area contributed by atoms with E-state index in [9.17, 15) is 9.59 Å². The van der Waals surface area contributed by atoms with E-state index in [1.165, 1.54) is 18.5 Å². The van der Waals surface area contributed by atoms with Gasteiger partial charge in [-0.2, -0.15) is 0 Å². The number of hydrogen-bond acceptors (Lipinski definition) is 5. The zero-order valence-corrected chi connectivity index (χ0v) is 21.0. The van der Waals surface area contributed by atoms with Crippen molar-refractivity contribution < 1.29 is 14.3 Å². The third-order valence-corrected chi connectivity index (χ3v) is 7.80. The number of carbonyl (C=O) groups is 2. The Labute approximate surface area is 207 Å². The fourth-order valence-electron chi connectivity index (χ4n) is 6.03. The number of nitrogens with zero attached hydrogens (tertiary/aromatic N) is 2. The topological polar surface area (TPSA) is 113 Å². The van der Waals surface area contributed by atoms with Crippen molar-refractivity contribution in [2.45, 2.75) is 70.4 Å². The van der Waals surface area contributed by atoms with Crippen molar-refractivity contribution in [3.05, 3.63) is 35.5 Å². The van der Waals surface area contributed by atoms with Gasteiger partial charge in [0.25, 0.3) is 0 Å².